The molecule has 88 valence electrons. The van der Waals surface area contributed by atoms with Crippen molar-refractivity contribution in [3.8, 4) is 0 Å². The first-order chi connectivity index (χ1) is 8.33. The monoisotopic (exact) mass is 247 g/mol. The van der Waals surface area contributed by atoms with Crippen molar-refractivity contribution >= 4 is 17.5 Å². The number of anilines is 1. The predicted octanol–water partition coefficient (Wildman–Crippen LogP) is 3.48. The van der Waals surface area contributed by atoms with Crippen LogP contribution in [-0.4, -0.2) is 9.55 Å². The van der Waals surface area contributed by atoms with Crippen molar-refractivity contribution in [1.29, 1.82) is 0 Å². The summed E-state index contributed by atoms with van der Waals surface area (Å²) in [6.07, 6.45) is 6.43. The largest absolute Gasteiger partial charge is 0.352 e. The van der Waals surface area contributed by atoms with E-state index in [1.807, 2.05) is 36.7 Å². The summed E-state index contributed by atoms with van der Waals surface area (Å²) in [7, 11) is 0. The number of halogens is 1. The molecule has 0 saturated heterocycles. The van der Waals surface area contributed by atoms with Gasteiger partial charge >= 0.3 is 0 Å². The minimum Gasteiger partial charge on any atom is -0.352 e. The fourth-order valence-electron chi connectivity index (χ4n) is 1.88. The number of nitrogens with one attached hydrogen (secondary N) is 1. The van der Waals surface area contributed by atoms with E-state index in [1.165, 1.54) is 18.4 Å². The van der Waals surface area contributed by atoms with Gasteiger partial charge in [-0.2, -0.15) is 0 Å². The number of hydrogen-bond acceptors (Lipinski definition) is 2. The molecule has 3 rings (SSSR count). The van der Waals surface area contributed by atoms with Gasteiger partial charge in [0, 0.05) is 30.0 Å². The lowest BCUT2D eigenvalue weighted by Gasteiger charge is -2.08. The van der Waals surface area contributed by atoms with Crippen LogP contribution in [-0.2, 0) is 6.54 Å². The molecule has 1 aliphatic carbocycles. The predicted molar refractivity (Wildman–Crippen MR) is 69.3 cm³/mol. The van der Waals surface area contributed by atoms with Gasteiger partial charge in [-0.15, -0.1) is 0 Å². The van der Waals surface area contributed by atoms with Crippen LogP contribution < -0.4 is 5.32 Å². The lowest BCUT2D eigenvalue weighted by molar-refractivity contribution is 0.743. The van der Waals surface area contributed by atoms with Crippen LogP contribution in [0.5, 0.6) is 0 Å². The highest BCUT2D eigenvalue weighted by Gasteiger charge is 2.25. The fourth-order valence-corrected chi connectivity index (χ4v) is 2.01. The lowest BCUT2D eigenvalue weighted by Crippen LogP contribution is -2.06. The van der Waals surface area contributed by atoms with E-state index < -0.39 is 0 Å². The number of nitrogens with zero attached hydrogens (tertiary/aromatic N) is 2. The Balaban J connectivity index is 1.67. The highest BCUT2D eigenvalue weighted by atomic mass is 35.5. The van der Waals surface area contributed by atoms with Gasteiger partial charge in [0.1, 0.15) is 0 Å². The second-order valence-electron chi connectivity index (χ2n) is 4.37. The van der Waals surface area contributed by atoms with Crippen LogP contribution in [0.4, 0.5) is 5.95 Å². The van der Waals surface area contributed by atoms with E-state index >= 15 is 0 Å². The van der Waals surface area contributed by atoms with E-state index in [-0.39, 0.29) is 0 Å². The van der Waals surface area contributed by atoms with Gasteiger partial charge in [0.2, 0.25) is 5.95 Å². The van der Waals surface area contributed by atoms with Crippen LogP contribution in [0.25, 0.3) is 0 Å². The van der Waals surface area contributed by atoms with Gasteiger partial charge in [-0.3, -0.25) is 0 Å². The van der Waals surface area contributed by atoms with Crippen molar-refractivity contribution < 1.29 is 0 Å². The molecule has 1 saturated carbocycles. The standard InChI is InChI=1S/C13H14ClN3/c14-11-3-1-10(2-4-11)9-16-13-15-7-8-17(13)12-5-6-12/h1-4,7-8,12H,5-6,9H2,(H,15,16). The summed E-state index contributed by atoms with van der Waals surface area (Å²) in [5.74, 6) is 0.961. The molecule has 4 heteroatoms. The zero-order valence-corrected chi connectivity index (χ0v) is 10.2. The third kappa shape index (κ3) is 2.44. The summed E-state index contributed by atoms with van der Waals surface area (Å²) < 4.78 is 2.22. The van der Waals surface area contributed by atoms with Crippen LogP contribution in [0.1, 0.15) is 24.4 Å². The van der Waals surface area contributed by atoms with Crippen LogP contribution in [0.2, 0.25) is 5.02 Å². The zero-order valence-electron chi connectivity index (χ0n) is 9.44. The minimum atomic E-state index is 0.658. The third-order valence-corrected chi connectivity index (χ3v) is 3.22. The van der Waals surface area contributed by atoms with E-state index in [1.54, 1.807) is 0 Å². The van der Waals surface area contributed by atoms with Gasteiger partial charge in [-0.25, -0.2) is 4.98 Å². The molecular weight excluding hydrogens is 234 g/mol. The first kappa shape index (κ1) is 10.7. The molecule has 0 atom stereocenters. The molecule has 0 radical (unpaired) electrons. The van der Waals surface area contributed by atoms with Crippen molar-refractivity contribution in [1.82, 2.24) is 9.55 Å². The summed E-state index contributed by atoms with van der Waals surface area (Å²) in [4.78, 5) is 4.34. The quantitative estimate of drug-likeness (QED) is 0.897. The first-order valence-electron chi connectivity index (χ1n) is 5.84. The Morgan fingerprint density at radius 3 is 2.76 bits per heavy atom. The number of hydrogen-bond donors (Lipinski definition) is 1. The minimum absolute atomic E-state index is 0.658. The van der Waals surface area contributed by atoms with E-state index in [0.29, 0.717) is 6.04 Å². The van der Waals surface area contributed by atoms with E-state index in [9.17, 15) is 0 Å². The molecule has 1 aliphatic rings. The summed E-state index contributed by atoms with van der Waals surface area (Å²) >= 11 is 5.85. The third-order valence-electron chi connectivity index (χ3n) is 2.97. The Hall–Kier alpha value is -1.48. The molecule has 0 bridgehead atoms. The van der Waals surface area contributed by atoms with Gasteiger partial charge in [0.25, 0.3) is 0 Å². The Kier molecular flexibility index (Phi) is 2.77. The summed E-state index contributed by atoms with van der Waals surface area (Å²) in [6.45, 7) is 0.779. The Morgan fingerprint density at radius 2 is 2.06 bits per heavy atom. The van der Waals surface area contributed by atoms with Crippen LogP contribution in [0, 0.1) is 0 Å². The van der Waals surface area contributed by atoms with Crippen molar-refractivity contribution in [3.63, 3.8) is 0 Å². The molecule has 17 heavy (non-hydrogen) atoms. The Bertz CT molecular complexity index is 500. The fraction of sp³-hybridized carbons (Fsp3) is 0.308. The van der Waals surface area contributed by atoms with Gasteiger partial charge in [-0.05, 0) is 30.5 Å². The maximum absolute atomic E-state index is 5.85. The number of benzene rings is 1. The topological polar surface area (TPSA) is 29.9 Å². The molecule has 0 aliphatic heterocycles. The number of rotatable bonds is 4. The van der Waals surface area contributed by atoms with E-state index in [4.69, 9.17) is 11.6 Å². The van der Waals surface area contributed by atoms with Gasteiger partial charge in [0.15, 0.2) is 0 Å². The first-order valence-corrected chi connectivity index (χ1v) is 6.22. The molecule has 2 aromatic rings. The molecule has 1 fully saturated rings. The number of imidazole rings is 1. The highest BCUT2D eigenvalue weighted by molar-refractivity contribution is 6.30. The van der Waals surface area contributed by atoms with Crippen molar-refractivity contribution in [3.05, 3.63) is 47.2 Å². The van der Waals surface area contributed by atoms with Crippen LogP contribution in [0.15, 0.2) is 36.7 Å². The molecule has 0 spiro atoms. The average Bonchev–Trinajstić information content (AvgIpc) is 3.08. The van der Waals surface area contributed by atoms with E-state index in [2.05, 4.69) is 14.9 Å². The van der Waals surface area contributed by atoms with Crippen molar-refractivity contribution in [2.75, 3.05) is 5.32 Å². The maximum Gasteiger partial charge on any atom is 0.203 e. The van der Waals surface area contributed by atoms with Crippen LogP contribution in [0.3, 0.4) is 0 Å². The molecule has 0 unspecified atom stereocenters. The number of aromatic nitrogens is 2. The molecule has 3 nitrogen and oxygen atoms in total. The molecular formula is C13H14ClN3. The lowest BCUT2D eigenvalue weighted by atomic mass is 10.2. The second kappa shape index (κ2) is 4.41. The SMILES string of the molecule is Clc1ccc(CNc2nccn2C2CC2)cc1. The highest BCUT2D eigenvalue weighted by Crippen LogP contribution is 2.36. The normalized spacial score (nSPS) is 14.9. The molecule has 1 N–H and O–H groups in total. The van der Waals surface area contributed by atoms with Gasteiger partial charge in [0.05, 0.1) is 0 Å². The summed E-state index contributed by atoms with van der Waals surface area (Å²) in [6, 6.07) is 8.53. The van der Waals surface area contributed by atoms with Gasteiger partial charge < -0.3 is 9.88 Å². The van der Waals surface area contributed by atoms with Crippen LogP contribution >= 0.6 is 11.6 Å². The average molecular weight is 248 g/mol. The zero-order chi connectivity index (χ0) is 11.7. The smallest absolute Gasteiger partial charge is 0.203 e. The Morgan fingerprint density at radius 1 is 1.29 bits per heavy atom. The molecule has 1 heterocycles. The molecule has 1 aromatic carbocycles. The van der Waals surface area contributed by atoms with Gasteiger partial charge in [-0.1, -0.05) is 23.7 Å². The summed E-state index contributed by atoms with van der Waals surface area (Å²) in [5.41, 5.74) is 1.21. The van der Waals surface area contributed by atoms with E-state index in [0.717, 1.165) is 17.5 Å². The maximum atomic E-state index is 5.85. The van der Waals surface area contributed by atoms with Crippen molar-refractivity contribution in [2.24, 2.45) is 0 Å². The summed E-state index contributed by atoms with van der Waals surface area (Å²) in [5, 5.41) is 4.13. The Labute approximate surface area is 105 Å². The molecule has 1 aromatic heterocycles. The second-order valence-corrected chi connectivity index (χ2v) is 4.81. The van der Waals surface area contributed by atoms with Crippen molar-refractivity contribution in [2.45, 2.75) is 25.4 Å². The molecule has 0 amide bonds.